The molecule has 0 spiro atoms. The van der Waals surface area contributed by atoms with Crippen molar-refractivity contribution >= 4 is 19.8 Å². The third kappa shape index (κ3) is 29.1. The average molecular weight is 621 g/mol. The Hall–Kier alpha value is -0.990. The highest BCUT2D eigenvalue weighted by atomic mass is 31.2. The van der Waals surface area contributed by atoms with Gasteiger partial charge in [0, 0.05) is 19.4 Å². The van der Waals surface area contributed by atoms with Gasteiger partial charge in [0.1, 0.15) is 6.61 Å². The summed E-state index contributed by atoms with van der Waals surface area (Å²) < 4.78 is 32.1. The zero-order valence-electron chi connectivity index (χ0n) is 27.3. The molecule has 0 heterocycles. The van der Waals surface area contributed by atoms with Gasteiger partial charge in [-0.25, -0.2) is 0 Å². The van der Waals surface area contributed by atoms with Crippen LogP contribution < -0.4 is 10.6 Å². The van der Waals surface area contributed by atoms with Crippen LogP contribution in [0.3, 0.4) is 0 Å². The first-order valence-corrected chi connectivity index (χ1v) is 18.1. The second-order valence-electron chi connectivity index (χ2n) is 12.6. The van der Waals surface area contributed by atoms with E-state index < -0.39 is 32.5 Å². The molecule has 0 aliphatic heterocycles. The SMILES string of the molecule is CCCCCCCCCCCC(=O)OC[C@@H](COP(=O)([O-])OCCN)OC(=O)CCCCCCCCCCC(C)(C)C. The van der Waals surface area contributed by atoms with Gasteiger partial charge in [-0.15, -0.1) is 0 Å². The molecule has 0 rings (SSSR count). The Bertz CT molecular complexity index is 713. The Labute approximate surface area is 257 Å². The van der Waals surface area contributed by atoms with Crippen LogP contribution in [0.4, 0.5) is 0 Å². The third-order valence-electron chi connectivity index (χ3n) is 7.06. The molecule has 250 valence electrons. The van der Waals surface area contributed by atoms with E-state index in [4.69, 9.17) is 19.7 Å². The standard InChI is InChI=1S/C32H64NO8P/c1-5-6-7-8-9-10-13-16-19-22-30(34)38-27-29(28-40-42(36,37)39-26-25-33)41-31(35)23-20-17-14-11-12-15-18-21-24-32(2,3)4/h29H,5-28,33H2,1-4H3,(H,36,37)/p-1/t29-/m0/s1. The number of esters is 2. The lowest BCUT2D eigenvalue weighted by atomic mass is 9.89. The lowest BCUT2D eigenvalue weighted by Crippen LogP contribution is -2.30. The first-order valence-electron chi connectivity index (χ1n) is 16.6. The quantitative estimate of drug-likeness (QED) is 0.0505. The molecule has 0 aliphatic carbocycles. The normalized spacial score (nSPS) is 14.0. The van der Waals surface area contributed by atoms with Gasteiger partial charge in [-0.3, -0.25) is 14.2 Å². The zero-order valence-corrected chi connectivity index (χ0v) is 28.2. The predicted molar refractivity (Wildman–Crippen MR) is 167 cm³/mol. The minimum atomic E-state index is -4.61. The number of nitrogens with two attached hydrogens (primary N) is 1. The summed E-state index contributed by atoms with van der Waals surface area (Å²) in [6.45, 7) is 8.08. The molecule has 1 unspecified atom stereocenters. The van der Waals surface area contributed by atoms with Gasteiger partial charge in [0.25, 0.3) is 7.82 Å². The van der Waals surface area contributed by atoms with E-state index in [9.17, 15) is 19.0 Å². The number of hydrogen-bond donors (Lipinski definition) is 1. The first kappa shape index (κ1) is 41.0. The van der Waals surface area contributed by atoms with Crippen molar-refractivity contribution in [1.29, 1.82) is 0 Å². The summed E-state index contributed by atoms with van der Waals surface area (Å²) in [7, 11) is -4.61. The van der Waals surface area contributed by atoms with Crippen molar-refractivity contribution < 1.29 is 37.6 Å². The van der Waals surface area contributed by atoms with Gasteiger partial charge >= 0.3 is 11.9 Å². The van der Waals surface area contributed by atoms with Crippen molar-refractivity contribution in [2.24, 2.45) is 11.1 Å². The molecule has 0 radical (unpaired) electrons. The van der Waals surface area contributed by atoms with E-state index in [1.165, 1.54) is 70.6 Å². The highest BCUT2D eigenvalue weighted by molar-refractivity contribution is 7.45. The molecule has 2 N–H and O–H groups in total. The molecule has 2 atom stereocenters. The maximum atomic E-state index is 12.4. The van der Waals surface area contributed by atoms with E-state index >= 15 is 0 Å². The van der Waals surface area contributed by atoms with Gasteiger partial charge < -0.3 is 29.1 Å². The number of carbonyl (C=O) groups excluding carboxylic acids is 2. The monoisotopic (exact) mass is 620 g/mol. The summed E-state index contributed by atoms with van der Waals surface area (Å²) in [6.07, 6.45) is 19.8. The fourth-order valence-corrected chi connectivity index (χ4v) is 5.31. The van der Waals surface area contributed by atoms with E-state index in [2.05, 4.69) is 32.2 Å². The smallest absolute Gasteiger partial charge is 0.306 e. The summed E-state index contributed by atoms with van der Waals surface area (Å²) >= 11 is 0. The molecule has 0 amide bonds. The highest BCUT2D eigenvalue weighted by Crippen LogP contribution is 2.38. The largest absolute Gasteiger partial charge is 0.756 e. The molecular formula is C32H63NO8P-. The molecule has 0 aromatic carbocycles. The van der Waals surface area contributed by atoms with Gasteiger partial charge in [0.05, 0.1) is 13.2 Å². The minimum Gasteiger partial charge on any atom is -0.756 e. The number of phosphoric acid groups is 1. The number of phosphoric ester groups is 1. The van der Waals surface area contributed by atoms with Gasteiger partial charge in [0.2, 0.25) is 0 Å². The van der Waals surface area contributed by atoms with E-state index in [1.807, 2.05) is 0 Å². The first-order chi connectivity index (χ1) is 20.0. The third-order valence-corrected chi connectivity index (χ3v) is 8.02. The van der Waals surface area contributed by atoms with Crippen molar-refractivity contribution in [3.63, 3.8) is 0 Å². The Morgan fingerprint density at radius 3 is 1.69 bits per heavy atom. The maximum absolute atomic E-state index is 12.4. The molecule has 0 aromatic heterocycles. The van der Waals surface area contributed by atoms with Crippen molar-refractivity contribution in [3.05, 3.63) is 0 Å². The number of rotatable bonds is 29. The van der Waals surface area contributed by atoms with Gasteiger partial charge in [-0.2, -0.15) is 0 Å². The van der Waals surface area contributed by atoms with Crippen LogP contribution in [0.1, 0.15) is 156 Å². The van der Waals surface area contributed by atoms with Crippen LogP contribution >= 0.6 is 7.82 Å². The molecule has 9 nitrogen and oxygen atoms in total. The molecule has 42 heavy (non-hydrogen) atoms. The summed E-state index contributed by atoms with van der Waals surface area (Å²) in [5.74, 6) is -0.869. The topological polar surface area (TPSA) is 137 Å². The van der Waals surface area contributed by atoms with Crippen LogP contribution in [0.2, 0.25) is 0 Å². The van der Waals surface area contributed by atoms with Gasteiger partial charge in [0.15, 0.2) is 6.10 Å². The number of ether oxygens (including phenoxy) is 2. The van der Waals surface area contributed by atoms with Crippen LogP contribution in [0.5, 0.6) is 0 Å². The van der Waals surface area contributed by atoms with Crippen LogP contribution in [0, 0.1) is 5.41 Å². The second-order valence-corrected chi connectivity index (χ2v) is 14.0. The van der Waals surface area contributed by atoms with Crippen LogP contribution in [0.15, 0.2) is 0 Å². The summed E-state index contributed by atoms with van der Waals surface area (Å²) in [5, 5.41) is 0. The predicted octanol–water partition coefficient (Wildman–Crippen LogP) is 7.77. The summed E-state index contributed by atoms with van der Waals surface area (Å²) in [6, 6.07) is 0. The Balaban J connectivity index is 4.31. The van der Waals surface area contributed by atoms with Crippen molar-refractivity contribution in [1.82, 2.24) is 0 Å². The zero-order chi connectivity index (χ0) is 31.5. The lowest BCUT2D eigenvalue weighted by molar-refractivity contribution is -0.228. The lowest BCUT2D eigenvalue weighted by Gasteiger charge is -2.25. The summed E-state index contributed by atoms with van der Waals surface area (Å²) in [4.78, 5) is 36.5. The Morgan fingerprint density at radius 1 is 0.714 bits per heavy atom. The van der Waals surface area contributed by atoms with Crippen LogP contribution in [-0.4, -0.2) is 44.4 Å². The van der Waals surface area contributed by atoms with E-state index in [1.54, 1.807) is 0 Å². The number of unbranched alkanes of at least 4 members (excludes halogenated alkanes) is 15. The fraction of sp³-hybridized carbons (Fsp3) is 0.938. The summed E-state index contributed by atoms with van der Waals surface area (Å²) in [5.41, 5.74) is 5.68. The van der Waals surface area contributed by atoms with E-state index in [0.29, 0.717) is 11.8 Å². The van der Waals surface area contributed by atoms with Crippen LogP contribution in [0.25, 0.3) is 0 Å². The molecule has 0 aliphatic rings. The maximum Gasteiger partial charge on any atom is 0.306 e. The Kier molecular flexibility index (Phi) is 25.8. The van der Waals surface area contributed by atoms with Gasteiger partial charge in [-0.1, -0.05) is 124 Å². The average Bonchev–Trinajstić information content (AvgIpc) is 2.93. The van der Waals surface area contributed by atoms with Crippen molar-refractivity contribution in [2.45, 2.75) is 162 Å². The molecule has 0 saturated heterocycles. The Morgan fingerprint density at radius 2 is 1.19 bits per heavy atom. The van der Waals surface area contributed by atoms with E-state index in [0.717, 1.165) is 38.5 Å². The molecular weight excluding hydrogens is 557 g/mol. The highest BCUT2D eigenvalue weighted by Gasteiger charge is 2.21. The molecule has 0 fully saturated rings. The van der Waals surface area contributed by atoms with Gasteiger partial charge in [-0.05, 0) is 24.7 Å². The fourth-order valence-electron chi connectivity index (χ4n) is 4.56. The number of hydrogen-bond acceptors (Lipinski definition) is 9. The van der Waals surface area contributed by atoms with Crippen molar-refractivity contribution in [2.75, 3.05) is 26.4 Å². The molecule has 0 bridgehead atoms. The van der Waals surface area contributed by atoms with Crippen LogP contribution in [-0.2, 0) is 32.7 Å². The molecule has 0 aromatic rings. The van der Waals surface area contributed by atoms with E-state index in [-0.39, 0.29) is 32.6 Å². The second kappa shape index (κ2) is 26.4. The number of carbonyl (C=O) groups is 2. The minimum absolute atomic E-state index is 0.0156. The molecule has 10 heteroatoms. The molecule has 0 saturated carbocycles. The van der Waals surface area contributed by atoms with Crippen molar-refractivity contribution in [3.8, 4) is 0 Å².